The molecule has 10 heteroatoms. The quantitative estimate of drug-likeness (QED) is 0.612. The normalized spacial score (nSPS) is 14.0. The largest absolute Gasteiger partial charge is 0.490 e. The molecule has 2 heterocycles. The van der Waals surface area contributed by atoms with E-state index < -0.39 is 12.1 Å². The van der Waals surface area contributed by atoms with Crippen LogP contribution in [0.3, 0.4) is 0 Å². The average Bonchev–Trinajstić information content (AvgIpc) is 3.39. The van der Waals surface area contributed by atoms with E-state index in [0.717, 1.165) is 24.1 Å². The van der Waals surface area contributed by atoms with Crippen LogP contribution in [-0.2, 0) is 17.9 Å². The van der Waals surface area contributed by atoms with Gasteiger partial charge >= 0.3 is 12.1 Å². The number of aromatic nitrogens is 2. The van der Waals surface area contributed by atoms with Gasteiger partial charge in [-0.1, -0.05) is 18.2 Å². The Morgan fingerprint density at radius 1 is 1.06 bits per heavy atom. The van der Waals surface area contributed by atoms with Crippen molar-refractivity contribution in [1.29, 1.82) is 0 Å². The van der Waals surface area contributed by atoms with Gasteiger partial charge in [-0.25, -0.2) is 4.79 Å². The summed E-state index contributed by atoms with van der Waals surface area (Å²) in [6.07, 6.45) is -2.45. The summed E-state index contributed by atoms with van der Waals surface area (Å²) in [5.74, 6) is -2.76. The van der Waals surface area contributed by atoms with E-state index in [4.69, 9.17) is 9.90 Å². The zero-order valence-corrected chi connectivity index (χ0v) is 17.8. The summed E-state index contributed by atoms with van der Waals surface area (Å²) in [4.78, 5) is 13.7. The van der Waals surface area contributed by atoms with E-state index in [1.807, 2.05) is 0 Å². The molecule has 0 atom stereocenters. The minimum Gasteiger partial charge on any atom is -0.475 e. The molecular weight excluding hydrogens is 429 g/mol. The first-order valence-electron chi connectivity index (χ1n) is 9.76. The van der Waals surface area contributed by atoms with Gasteiger partial charge in [0.25, 0.3) is 0 Å². The van der Waals surface area contributed by atoms with Crippen LogP contribution < -0.4 is 4.90 Å². The molecule has 1 aromatic heterocycles. The third-order valence-corrected chi connectivity index (χ3v) is 5.40. The fraction of sp³-hybridized carbons (Fsp3) is 0.381. The monoisotopic (exact) mass is 452 g/mol. The zero-order valence-electron chi connectivity index (χ0n) is 17.0. The van der Waals surface area contributed by atoms with Gasteiger partial charge < -0.3 is 10.0 Å². The van der Waals surface area contributed by atoms with Crippen LogP contribution in [0.1, 0.15) is 24.0 Å². The molecule has 31 heavy (non-hydrogen) atoms. The van der Waals surface area contributed by atoms with Gasteiger partial charge in [0.2, 0.25) is 0 Å². The standard InChI is InChI=1S/C19H22N4S.C2HF3O2/c1-22(14-16-7-8-18-19(12-16)21-24-20-18)13-15-5-4-6-17(11-15)23-9-2-3-10-23;3-2(4,5)1(6)7/h4-8,11-12H,2-3,9-10,13-14H2,1H3;(H,6,7). The van der Waals surface area contributed by atoms with Crippen LogP contribution in [0.5, 0.6) is 0 Å². The highest BCUT2D eigenvalue weighted by molar-refractivity contribution is 7.00. The van der Waals surface area contributed by atoms with Crippen molar-refractivity contribution in [1.82, 2.24) is 13.6 Å². The summed E-state index contributed by atoms with van der Waals surface area (Å²) in [6, 6.07) is 15.4. The van der Waals surface area contributed by atoms with Crippen molar-refractivity contribution in [2.24, 2.45) is 0 Å². The van der Waals surface area contributed by atoms with Crippen molar-refractivity contribution in [2.45, 2.75) is 32.1 Å². The van der Waals surface area contributed by atoms with Gasteiger partial charge in [0.05, 0.1) is 11.7 Å². The molecule has 3 aromatic rings. The first-order valence-corrected chi connectivity index (χ1v) is 10.5. The molecule has 1 aliphatic heterocycles. The Kier molecular flexibility index (Phi) is 7.45. The van der Waals surface area contributed by atoms with E-state index in [2.05, 4.69) is 68.1 Å². The predicted molar refractivity (Wildman–Crippen MR) is 114 cm³/mol. The molecule has 1 aliphatic rings. The lowest BCUT2D eigenvalue weighted by molar-refractivity contribution is -0.192. The number of aliphatic carboxylic acids is 1. The van der Waals surface area contributed by atoms with Crippen LogP contribution in [0.25, 0.3) is 11.0 Å². The summed E-state index contributed by atoms with van der Waals surface area (Å²) in [5.41, 5.74) is 6.02. The Labute approximate surface area is 182 Å². The van der Waals surface area contributed by atoms with Gasteiger partial charge in [-0.2, -0.15) is 21.9 Å². The van der Waals surface area contributed by atoms with E-state index in [1.54, 1.807) is 0 Å². The van der Waals surface area contributed by atoms with E-state index >= 15 is 0 Å². The lowest BCUT2D eigenvalue weighted by atomic mass is 10.1. The number of nitrogens with zero attached hydrogens (tertiary/aromatic N) is 4. The van der Waals surface area contributed by atoms with Crippen LogP contribution in [-0.4, -0.2) is 51.0 Å². The zero-order chi connectivity index (χ0) is 22.4. The van der Waals surface area contributed by atoms with E-state index in [1.165, 1.54) is 54.5 Å². The van der Waals surface area contributed by atoms with Crippen molar-refractivity contribution in [3.05, 3.63) is 53.6 Å². The maximum absolute atomic E-state index is 10.6. The number of alkyl halides is 3. The average molecular weight is 453 g/mol. The smallest absolute Gasteiger partial charge is 0.475 e. The van der Waals surface area contributed by atoms with Crippen molar-refractivity contribution >= 4 is 34.4 Å². The highest BCUT2D eigenvalue weighted by Gasteiger charge is 2.38. The number of halogens is 3. The van der Waals surface area contributed by atoms with Crippen LogP contribution in [0.15, 0.2) is 42.5 Å². The Hall–Kier alpha value is -2.72. The Morgan fingerprint density at radius 3 is 2.32 bits per heavy atom. The van der Waals surface area contributed by atoms with Gasteiger partial charge in [0.1, 0.15) is 11.0 Å². The maximum atomic E-state index is 10.6. The molecule has 1 N–H and O–H groups in total. The number of rotatable bonds is 5. The molecule has 0 saturated carbocycles. The molecule has 0 aliphatic carbocycles. The fourth-order valence-electron chi connectivity index (χ4n) is 3.43. The summed E-state index contributed by atoms with van der Waals surface area (Å²) >= 11 is 1.28. The first kappa shape index (κ1) is 23.0. The molecule has 0 amide bonds. The number of hydrogen-bond acceptors (Lipinski definition) is 6. The Bertz CT molecular complexity index is 1020. The molecule has 166 valence electrons. The van der Waals surface area contributed by atoms with Crippen LogP contribution in [0, 0.1) is 0 Å². The summed E-state index contributed by atoms with van der Waals surface area (Å²) < 4.78 is 40.3. The molecule has 0 spiro atoms. The molecule has 1 fully saturated rings. The van der Waals surface area contributed by atoms with E-state index in [-0.39, 0.29) is 0 Å². The second kappa shape index (κ2) is 10.1. The lowest BCUT2D eigenvalue weighted by Crippen LogP contribution is -2.21. The van der Waals surface area contributed by atoms with Crippen molar-refractivity contribution in [2.75, 3.05) is 25.0 Å². The molecule has 0 radical (unpaired) electrons. The van der Waals surface area contributed by atoms with E-state index in [0.29, 0.717) is 0 Å². The van der Waals surface area contributed by atoms with Gasteiger partial charge in [-0.3, -0.25) is 4.90 Å². The molecule has 0 unspecified atom stereocenters. The maximum Gasteiger partial charge on any atom is 0.490 e. The predicted octanol–water partition coefficient (Wildman–Crippen LogP) is 4.56. The van der Waals surface area contributed by atoms with Crippen molar-refractivity contribution < 1.29 is 23.1 Å². The summed E-state index contributed by atoms with van der Waals surface area (Å²) in [6.45, 7) is 4.26. The SMILES string of the molecule is CN(Cc1cccc(N2CCCC2)c1)Cc1ccc2nsnc2c1.O=C(O)C(F)(F)F. The third kappa shape index (κ3) is 6.63. The highest BCUT2D eigenvalue weighted by atomic mass is 32.1. The van der Waals surface area contributed by atoms with Crippen LogP contribution in [0.4, 0.5) is 18.9 Å². The van der Waals surface area contributed by atoms with Gasteiger partial charge in [-0.15, -0.1) is 0 Å². The number of carbonyl (C=O) groups is 1. The highest BCUT2D eigenvalue weighted by Crippen LogP contribution is 2.22. The summed E-state index contributed by atoms with van der Waals surface area (Å²) in [7, 11) is 2.17. The number of anilines is 1. The first-order chi connectivity index (χ1) is 14.7. The van der Waals surface area contributed by atoms with Crippen molar-refractivity contribution in [3.8, 4) is 0 Å². The number of benzene rings is 2. The Morgan fingerprint density at radius 2 is 1.68 bits per heavy atom. The van der Waals surface area contributed by atoms with Gasteiger partial charge in [-0.05, 0) is 55.3 Å². The fourth-order valence-corrected chi connectivity index (χ4v) is 3.95. The summed E-state index contributed by atoms with van der Waals surface area (Å²) in [5, 5.41) is 7.12. The molecule has 2 aromatic carbocycles. The molecule has 1 saturated heterocycles. The Balaban J connectivity index is 0.000000339. The van der Waals surface area contributed by atoms with Crippen LogP contribution in [0.2, 0.25) is 0 Å². The minimum absolute atomic E-state index is 0.918. The second-order valence-corrected chi connectivity index (χ2v) is 7.95. The molecule has 0 bridgehead atoms. The lowest BCUT2D eigenvalue weighted by Gasteiger charge is -2.21. The second-order valence-electron chi connectivity index (χ2n) is 7.43. The number of fused-ring (bicyclic) bond motifs is 1. The van der Waals surface area contributed by atoms with Crippen LogP contribution >= 0.6 is 11.7 Å². The molecule has 6 nitrogen and oxygen atoms in total. The number of carboxylic acid groups (broad SMARTS) is 1. The number of carboxylic acids is 1. The van der Waals surface area contributed by atoms with Gasteiger partial charge in [0.15, 0.2) is 0 Å². The molecular formula is C21H23F3N4O2S. The third-order valence-electron chi connectivity index (χ3n) is 4.85. The minimum atomic E-state index is -5.08. The molecule has 4 rings (SSSR count). The van der Waals surface area contributed by atoms with Gasteiger partial charge in [0, 0.05) is 31.9 Å². The van der Waals surface area contributed by atoms with E-state index in [9.17, 15) is 13.2 Å². The topological polar surface area (TPSA) is 69.6 Å². The van der Waals surface area contributed by atoms with Crippen molar-refractivity contribution in [3.63, 3.8) is 0 Å². The number of hydrogen-bond donors (Lipinski definition) is 1.